The Hall–Kier alpha value is -4.19. The first-order valence-electron chi connectivity index (χ1n) is 12.9. The number of amides is 1. The molecule has 2 aliphatic rings. The van der Waals surface area contributed by atoms with Gasteiger partial charge in [-0.1, -0.05) is 72.8 Å². The molecule has 1 aliphatic carbocycles. The lowest BCUT2D eigenvalue weighted by molar-refractivity contribution is 0.105. The first-order valence-corrected chi connectivity index (χ1v) is 12.9. The number of carbonyl (C=O) groups is 1. The summed E-state index contributed by atoms with van der Waals surface area (Å²) < 4.78 is 19.3. The zero-order valence-electron chi connectivity index (χ0n) is 21.6. The van der Waals surface area contributed by atoms with E-state index in [0.717, 1.165) is 12.0 Å². The van der Waals surface area contributed by atoms with Gasteiger partial charge in [-0.15, -0.1) is 0 Å². The number of likely N-dealkylation sites (tertiary alicyclic amines) is 1. The molecule has 1 amide bonds. The van der Waals surface area contributed by atoms with Gasteiger partial charge in [-0.05, 0) is 71.5 Å². The van der Waals surface area contributed by atoms with E-state index >= 15 is 0 Å². The second-order valence-electron chi connectivity index (χ2n) is 10.1. The lowest BCUT2D eigenvalue weighted by Gasteiger charge is -2.26. The zero-order chi connectivity index (χ0) is 26.7. The third-order valence-electron chi connectivity index (χ3n) is 7.65. The highest BCUT2D eigenvalue weighted by Crippen LogP contribution is 2.45. The van der Waals surface area contributed by atoms with Gasteiger partial charge in [0.05, 0.1) is 0 Å². The van der Waals surface area contributed by atoms with Gasteiger partial charge in [-0.25, -0.2) is 9.18 Å². The van der Waals surface area contributed by atoms with Gasteiger partial charge in [-0.2, -0.15) is 0 Å². The van der Waals surface area contributed by atoms with Gasteiger partial charge in [0.25, 0.3) is 0 Å². The Morgan fingerprint density at radius 3 is 2.32 bits per heavy atom. The number of benzene rings is 3. The highest BCUT2D eigenvalue weighted by atomic mass is 19.1. The van der Waals surface area contributed by atoms with Gasteiger partial charge >= 0.3 is 6.09 Å². The Kier molecular flexibility index (Phi) is 7.14. The molecular weight excluding hydrogens is 479 g/mol. The quantitative estimate of drug-likeness (QED) is 0.166. The maximum atomic E-state index is 13.4. The van der Waals surface area contributed by atoms with Crippen LogP contribution < -0.4 is 0 Å². The second kappa shape index (κ2) is 10.7. The van der Waals surface area contributed by atoms with Crippen LogP contribution >= 0.6 is 0 Å². The molecule has 1 atom stereocenters. The van der Waals surface area contributed by atoms with Gasteiger partial charge in [0.15, 0.2) is 0 Å². The lowest BCUT2D eigenvalue weighted by atomic mass is 9.80. The number of ether oxygens (including phenoxy) is 1. The van der Waals surface area contributed by atoms with Gasteiger partial charge in [0, 0.05) is 30.0 Å². The first kappa shape index (κ1) is 25.5. The molecule has 1 unspecified atom stereocenters. The fourth-order valence-electron chi connectivity index (χ4n) is 5.58. The molecule has 3 aromatic rings. The molecule has 0 radical (unpaired) electrons. The van der Waals surface area contributed by atoms with Crippen LogP contribution in [-0.2, 0) is 4.74 Å². The van der Waals surface area contributed by atoms with Crippen LogP contribution in [-0.4, -0.2) is 41.6 Å². The minimum Gasteiger partial charge on any atom is -0.448 e. The number of nitrogens with zero attached hydrogens (tertiary/aromatic N) is 2. The molecule has 6 heteroatoms. The topological polar surface area (TPSA) is 62.1 Å². The van der Waals surface area contributed by atoms with Gasteiger partial charge in [0.2, 0.25) is 0 Å². The standard InChI is InChI=1S/C32H31FN2O3/c1-3-8-23(19-30(34-37)22-13-15-24(33)16-14-22)32(2)17-18-35(21-32)31(36)38-20-29-27-11-6-4-9-25(27)26-10-5-7-12-28(26)29/h3-16,19,29,37H,17-18,20-21H2,1-2H3/b8-3-,23-19+,34-30-. The SMILES string of the molecule is C\C=C/C(=C\C(=N\O)c1ccc(F)cc1)C1(C)CCN(C(=O)OCC2c3ccccc3-c3ccccc32)C1. The van der Waals surface area contributed by atoms with Gasteiger partial charge in [-0.3, -0.25) is 0 Å². The third-order valence-corrected chi connectivity index (χ3v) is 7.65. The summed E-state index contributed by atoms with van der Waals surface area (Å²) in [6, 6.07) is 22.4. The zero-order valence-corrected chi connectivity index (χ0v) is 21.6. The minimum atomic E-state index is -0.367. The van der Waals surface area contributed by atoms with E-state index in [2.05, 4.69) is 36.3 Å². The van der Waals surface area contributed by atoms with E-state index in [4.69, 9.17) is 4.74 Å². The molecule has 0 saturated carbocycles. The fourth-order valence-corrected chi connectivity index (χ4v) is 5.58. The molecule has 1 heterocycles. The number of hydrogen-bond acceptors (Lipinski definition) is 4. The summed E-state index contributed by atoms with van der Waals surface area (Å²) in [5.41, 5.74) is 6.25. The summed E-state index contributed by atoms with van der Waals surface area (Å²) in [6.07, 6.45) is 6.09. The summed E-state index contributed by atoms with van der Waals surface area (Å²) >= 11 is 0. The highest BCUT2D eigenvalue weighted by Gasteiger charge is 2.39. The van der Waals surface area contributed by atoms with Crippen LogP contribution in [0, 0.1) is 11.2 Å². The van der Waals surface area contributed by atoms with E-state index in [1.54, 1.807) is 23.1 Å². The van der Waals surface area contributed by atoms with Gasteiger partial charge in [0.1, 0.15) is 18.1 Å². The van der Waals surface area contributed by atoms with Crippen LogP contribution in [0.2, 0.25) is 0 Å². The molecule has 0 spiro atoms. The van der Waals surface area contributed by atoms with Crippen molar-refractivity contribution in [2.45, 2.75) is 26.2 Å². The lowest BCUT2D eigenvalue weighted by Crippen LogP contribution is -2.33. The monoisotopic (exact) mass is 510 g/mol. The van der Waals surface area contributed by atoms with E-state index in [0.29, 0.717) is 24.4 Å². The molecule has 1 aliphatic heterocycles. The van der Waals surface area contributed by atoms with Crippen LogP contribution in [0.1, 0.15) is 42.9 Å². The summed E-state index contributed by atoms with van der Waals surface area (Å²) in [5.74, 6) is -0.344. The Bertz CT molecular complexity index is 1380. The van der Waals surface area contributed by atoms with Crippen molar-refractivity contribution in [2.75, 3.05) is 19.7 Å². The van der Waals surface area contributed by atoms with Crippen molar-refractivity contribution in [3.63, 3.8) is 0 Å². The van der Waals surface area contributed by atoms with Crippen molar-refractivity contribution >= 4 is 11.8 Å². The Balaban J connectivity index is 1.30. The number of hydrogen-bond donors (Lipinski definition) is 1. The molecule has 5 nitrogen and oxygen atoms in total. The Labute approximate surface area is 222 Å². The van der Waals surface area contributed by atoms with Crippen LogP contribution in [0.5, 0.6) is 0 Å². The first-order chi connectivity index (χ1) is 18.4. The second-order valence-corrected chi connectivity index (χ2v) is 10.1. The highest BCUT2D eigenvalue weighted by molar-refractivity contribution is 6.09. The molecule has 38 heavy (non-hydrogen) atoms. The molecule has 0 aromatic heterocycles. The van der Waals surface area contributed by atoms with Crippen molar-refractivity contribution in [3.05, 3.63) is 119 Å². The largest absolute Gasteiger partial charge is 0.448 e. The summed E-state index contributed by atoms with van der Waals surface area (Å²) in [7, 11) is 0. The predicted molar refractivity (Wildman–Crippen MR) is 147 cm³/mol. The number of oxime groups is 1. The van der Waals surface area contributed by atoms with Crippen LogP contribution in [0.25, 0.3) is 11.1 Å². The third kappa shape index (κ3) is 4.86. The number of fused-ring (bicyclic) bond motifs is 3. The van der Waals surface area contributed by atoms with Crippen molar-refractivity contribution in [1.29, 1.82) is 0 Å². The average Bonchev–Trinajstić information content (AvgIpc) is 3.49. The Morgan fingerprint density at radius 1 is 1.08 bits per heavy atom. The molecular formula is C32H31FN2O3. The Morgan fingerprint density at radius 2 is 1.71 bits per heavy atom. The number of allylic oxidation sites excluding steroid dienone is 3. The van der Waals surface area contributed by atoms with Crippen molar-refractivity contribution in [2.24, 2.45) is 10.6 Å². The van der Waals surface area contributed by atoms with E-state index in [9.17, 15) is 14.4 Å². The molecule has 194 valence electrons. The summed E-state index contributed by atoms with van der Waals surface area (Å²) in [5, 5.41) is 13.1. The molecule has 1 saturated heterocycles. The van der Waals surface area contributed by atoms with Crippen LogP contribution in [0.3, 0.4) is 0 Å². The minimum absolute atomic E-state index is 0.0119. The predicted octanol–water partition coefficient (Wildman–Crippen LogP) is 7.17. The van der Waals surface area contributed by atoms with E-state index < -0.39 is 0 Å². The number of rotatable bonds is 6. The molecule has 3 aromatic carbocycles. The van der Waals surface area contributed by atoms with Crippen LogP contribution in [0.15, 0.2) is 102 Å². The summed E-state index contributed by atoms with van der Waals surface area (Å²) in [4.78, 5) is 14.9. The number of carbonyl (C=O) groups excluding carboxylic acids is 1. The summed E-state index contributed by atoms with van der Waals surface area (Å²) in [6.45, 7) is 5.33. The molecule has 1 fully saturated rings. The maximum Gasteiger partial charge on any atom is 0.409 e. The molecule has 5 rings (SSSR count). The molecule has 0 bridgehead atoms. The smallest absolute Gasteiger partial charge is 0.409 e. The van der Waals surface area contributed by atoms with Gasteiger partial charge < -0.3 is 14.8 Å². The number of halogens is 1. The normalized spacial score (nSPS) is 19.6. The molecule has 1 N–H and O–H groups in total. The fraction of sp³-hybridized carbons (Fsp3) is 0.250. The van der Waals surface area contributed by atoms with E-state index in [-0.39, 0.29) is 29.9 Å². The van der Waals surface area contributed by atoms with Crippen molar-refractivity contribution < 1.29 is 19.1 Å². The van der Waals surface area contributed by atoms with Crippen molar-refractivity contribution in [1.82, 2.24) is 4.90 Å². The van der Waals surface area contributed by atoms with E-state index in [1.807, 2.05) is 43.3 Å². The average molecular weight is 511 g/mol. The van der Waals surface area contributed by atoms with Crippen LogP contribution in [0.4, 0.5) is 9.18 Å². The maximum absolute atomic E-state index is 13.4. The van der Waals surface area contributed by atoms with E-state index in [1.165, 1.54) is 34.4 Å². The van der Waals surface area contributed by atoms with Crippen molar-refractivity contribution in [3.8, 4) is 11.1 Å².